The lowest BCUT2D eigenvalue weighted by Crippen LogP contribution is -2.32. The van der Waals surface area contributed by atoms with Crippen molar-refractivity contribution in [1.82, 2.24) is 19.7 Å². The third-order valence-electron chi connectivity index (χ3n) is 5.19. The molecule has 9 nitrogen and oxygen atoms in total. The van der Waals surface area contributed by atoms with Crippen molar-refractivity contribution in [2.45, 2.75) is 19.4 Å². The average Bonchev–Trinajstić information content (AvgIpc) is 3.27. The minimum atomic E-state index is -0.382. The fourth-order valence-corrected chi connectivity index (χ4v) is 3.49. The summed E-state index contributed by atoms with van der Waals surface area (Å²) in [6.45, 7) is 0.304. The van der Waals surface area contributed by atoms with E-state index in [1.165, 1.54) is 45.6 Å². The molecule has 1 aliphatic heterocycles. The minimum Gasteiger partial charge on any atom is -0.350 e. The number of halogens is 1. The molecule has 0 spiro atoms. The van der Waals surface area contributed by atoms with Crippen LogP contribution in [-0.4, -0.2) is 38.6 Å². The van der Waals surface area contributed by atoms with E-state index in [1.54, 1.807) is 19.2 Å². The second kappa shape index (κ2) is 8.58. The highest BCUT2D eigenvalue weighted by Crippen LogP contribution is 2.22. The van der Waals surface area contributed by atoms with Crippen molar-refractivity contribution in [1.29, 1.82) is 0 Å². The normalized spacial score (nSPS) is 13.6. The number of benzene rings is 2. The Morgan fingerprint density at radius 3 is 2.25 bits per heavy atom. The number of imide groups is 1. The van der Waals surface area contributed by atoms with Crippen molar-refractivity contribution in [3.63, 3.8) is 0 Å². The van der Waals surface area contributed by atoms with Crippen LogP contribution in [0.3, 0.4) is 0 Å². The number of aromatic nitrogens is 3. The monoisotopic (exact) mass is 437 g/mol. The van der Waals surface area contributed by atoms with Crippen LogP contribution in [0.15, 0.2) is 53.3 Å². The van der Waals surface area contributed by atoms with E-state index in [-0.39, 0.29) is 55.2 Å². The lowest BCUT2D eigenvalue weighted by Gasteiger charge is -2.14. The van der Waals surface area contributed by atoms with Gasteiger partial charge in [0.2, 0.25) is 11.8 Å². The molecule has 0 bridgehead atoms. The fraction of sp³-hybridized carbons (Fsp3) is 0.227. The van der Waals surface area contributed by atoms with E-state index in [0.717, 1.165) is 4.90 Å². The van der Waals surface area contributed by atoms with Gasteiger partial charge in [-0.3, -0.25) is 23.9 Å². The first-order valence-electron chi connectivity index (χ1n) is 9.99. The third kappa shape index (κ3) is 4.07. The number of rotatable bonds is 6. The highest BCUT2D eigenvalue weighted by atomic mass is 19.1. The highest BCUT2D eigenvalue weighted by molar-refractivity contribution is 6.19. The molecule has 164 valence electrons. The quantitative estimate of drug-likeness (QED) is 0.588. The number of carbonyl (C=O) groups is 3. The summed E-state index contributed by atoms with van der Waals surface area (Å²) in [5.41, 5.74) is 1.03. The number of amides is 3. The van der Waals surface area contributed by atoms with Crippen molar-refractivity contribution >= 4 is 23.4 Å². The maximum Gasteiger partial charge on any atom is 0.345 e. The Labute approximate surface area is 182 Å². The molecule has 0 aliphatic carbocycles. The molecule has 0 unspecified atom stereocenters. The Balaban J connectivity index is 1.38. The van der Waals surface area contributed by atoms with Crippen LogP contribution in [0.4, 0.5) is 10.1 Å². The molecule has 1 fully saturated rings. The molecule has 1 N–H and O–H groups in total. The topological polar surface area (TPSA) is 106 Å². The fourth-order valence-electron chi connectivity index (χ4n) is 3.49. The van der Waals surface area contributed by atoms with E-state index in [4.69, 9.17) is 0 Å². The Kier molecular flexibility index (Phi) is 5.67. The van der Waals surface area contributed by atoms with Gasteiger partial charge in [0.05, 0.1) is 12.2 Å². The van der Waals surface area contributed by atoms with Crippen molar-refractivity contribution in [3.8, 4) is 11.4 Å². The van der Waals surface area contributed by atoms with E-state index < -0.39 is 0 Å². The standard InChI is InChI=1S/C22H20FN5O4/c1-26-20(14-2-6-16(23)7-3-14)25-27(22(26)32)13-12-24-21(31)15-4-8-17(9-5-15)28-18(29)10-11-19(28)30/h2-9H,10-13H2,1H3,(H,24,31). The summed E-state index contributed by atoms with van der Waals surface area (Å²) in [6, 6.07) is 11.8. The Morgan fingerprint density at radius 2 is 1.62 bits per heavy atom. The van der Waals surface area contributed by atoms with Gasteiger partial charge in [-0.25, -0.2) is 13.9 Å². The van der Waals surface area contributed by atoms with Crippen molar-refractivity contribution < 1.29 is 18.8 Å². The van der Waals surface area contributed by atoms with Crippen molar-refractivity contribution in [2.75, 3.05) is 11.4 Å². The van der Waals surface area contributed by atoms with Gasteiger partial charge < -0.3 is 5.32 Å². The average molecular weight is 437 g/mol. The Bertz CT molecular complexity index is 1230. The van der Waals surface area contributed by atoms with Crippen LogP contribution < -0.4 is 15.9 Å². The van der Waals surface area contributed by atoms with Crippen LogP contribution in [0.2, 0.25) is 0 Å². The number of hydrogen-bond acceptors (Lipinski definition) is 5. The lowest BCUT2D eigenvalue weighted by molar-refractivity contribution is -0.121. The number of anilines is 1. The van der Waals surface area contributed by atoms with E-state index in [0.29, 0.717) is 22.6 Å². The molecule has 1 saturated heterocycles. The first kappa shape index (κ1) is 21.2. The summed E-state index contributed by atoms with van der Waals surface area (Å²) in [4.78, 5) is 49.6. The van der Waals surface area contributed by atoms with Gasteiger partial charge in [-0.05, 0) is 48.5 Å². The number of carbonyl (C=O) groups excluding carboxylic acids is 3. The van der Waals surface area contributed by atoms with Crippen LogP contribution >= 0.6 is 0 Å². The predicted octanol–water partition coefficient (Wildman–Crippen LogP) is 1.47. The van der Waals surface area contributed by atoms with Crippen LogP contribution in [0.5, 0.6) is 0 Å². The van der Waals surface area contributed by atoms with Gasteiger partial charge >= 0.3 is 5.69 Å². The van der Waals surface area contributed by atoms with Gasteiger partial charge in [0, 0.05) is 37.6 Å². The molecule has 1 aromatic heterocycles. The summed E-state index contributed by atoms with van der Waals surface area (Å²) in [5, 5.41) is 6.98. The van der Waals surface area contributed by atoms with Gasteiger partial charge in [-0.2, -0.15) is 0 Å². The number of nitrogens with one attached hydrogen (secondary N) is 1. The van der Waals surface area contributed by atoms with Gasteiger partial charge in [-0.15, -0.1) is 5.10 Å². The summed E-state index contributed by atoms with van der Waals surface area (Å²) in [5.74, 6) is -0.866. The maximum atomic E-state index is 13.1. The van der Waals surface area contributed by atoms with E-state index >= 15 is 0 Å². The SMILES string of the molecule is Cn1c(-c2ccc(F)cc2)nn(CCNC(=O)c2ccc(N3C(=O)CCC3=O)cc2)c1=O. The van der Waals surface area contributed by atoms with Gasteiger partial charge in [0.25, 0.3) is 5.91 Å². The summed E-state index contributed by atoms with van der Waals surface area (Å²) in [7, 11) is 1.57. The molecule has 2 heterocycles. The van der Waals surface area contributed by atoms with E-state index in [1.807, 2.05) is 0 Å². The van der Waals surface area contributed by atoms with Crippen LogP contribution in [0.25, 0.3) is 11.4 Å². The Morgan fingerprint density at radius 1 is 1.00 bits per heavy atom. The lowest BCUT2D eigenvalue weighted by atomic mass is 10.2. The molecular formula is C22H20FN5O4. The second-order valence-corrected chi connectivity index (χ2v) is 7.32. The predicted molar refractivity (Wildman–Crippen MR) is 113 cm³/mol. The zero-order valence-electron chi connectivity index (χ0n) is 17.2. The van der Waals surface area contributed by atoms with Crippen molar-refractivity contribution in [2.24, 2.45) is 7.05 Å². The smallest absolute Gasteiger partial charge is 0.345 e. The molecular weight excluding hydrogens is 417 g/mol. The van der Waals surface area contributed by atoms with Crippen LogP contribution in [0.1, 0.15) is 23.2 Å². The number of hydrogen-bond donors (Lipinski definition) is 1. The molecule has 10 heteroatoms. The van der Waals surface area contributed by atoms with Gasteiger partial charge in [-0.1, -0.05) is 0 Å². The first-order chi connectivity index (χ1) is 15.3. The van der Waals surface area contributed by atoms with E-state index in [9.17, 15) is 23.6 Å². The van der Waals surface area contributed by atoms with Crippen LogP contribution in [-0.2, 0) is 23.2 Å². The van der Waals surface area contributed by atoms with Crippen molar-refractivity contribution in [3.05, 3.63) is 70.4 Å². The first-order valence-corrected chi connectivity index (χ1v) is 9.99. The second-order valence-electron chi connectivity index (χ2n) is 7.32. The maximum absolute atomic E-state index is 13.1. The molecule has 4 rings (SSSR count). The zero-order chi connectivity index (χ0) is 22.8. The van der Waals surface area contributed by atoms with E-state index in [2.05, 4.69) is 10.4 Å². The molecule has 1 aliphatic rings. The van der Waals surface area contributed by atoms with Crippen LogP contribution in [0, 0.1) is 5.82 Å². The third-order valence-corrected chi connectivity index (χ3v) is 5.19. The zero-order valence-corrected chi connectivity index (χ0v) is 17.2. The molecule has 3 amide bonds. The van der Waals surface area contributed by atoms with Gasteiger partial charge in [0.1, 0.15) is 5.82 Å². The summed E-state index contributed by atoms with van der Waals surface area (Å²) in [6.07, 6.45) is 0.383. The Hall–Kier alpha value is -4.08. The molecule has 2 aromatic carbocycles. The number of nitrogens with zero attached hydrogens (tertiary/aromatic N) is 4. The highest BCUT2D eigenvalue weighted by Gasteiger charge is 2.30. The minimum absolute atomic E-state index is 0.147. The largest absolute Gasteiger partial charge is 0.350 e. The molecule has 0 saturated carbocycles. The van der Waals surface area contributed by atoms with Gasteiger partial charge in [0.15, 0.2) is 5.82 Å². The molecule has 0 atom stereocenters. The summed E-state index contributed by atoms with van der Waals surface area (Å²) < 4.78 is 15.7. The molecule has 0 radical (unpaired) electrons. The summed E-state index contributed by atoms with van der Waals surface area (Å²) >= 11 is 0. The molecule has 32 heavy (non-hydrogen) atoms. The molecule has 3 aromatic rings.